The Morgan fingerprint density at radius 2 is 2.03 bits per heavy atom. The van der Waals surface area contributed by atoms with E-state index in [0.29, 0.717) is 38.7 Å². The van der Waals surface area contributed by atoms with Gasteiger partial charge >= 0.3 is 0 Å². The van der Waals surface area contributed by atoms with Gasteiger partial charge in [-0.25, -0.2) is 0 Å². The van der Waals surface area contributed by atoms with Crippen LogP contribution in [0.4, 0.5) is 0 Å². The van der Waals surface area contributed by atoms with E-state index in [1.807, 2.05) is 40.8 Å². The van der Waals surface area contributed by atoms with Crippen molar-refractivity contribution in [2.75, 3.05) is 26.2 Å². The Hall–Kier alpha value is -2.93. The highest BCUT2D eigenvalue weighted by Gasteiger charge is 2.31. The molecule has 36 heavy (non-hydrogen) atoms. The largest absolute Gasteiger partial charge is 0.366 e. The molecule has 5 rings (SSSR count). The molecule has 1 saturated heterocycles. The molecule has 0 aliphatic carbocycles. The molecule has 1 atom stereocenters. The Morgan fingerprint density at radius 3 is 2.86 bits per heavy atom. The van der Waals surface area contributed by atoms with E-state index in [1.54, 1.807) is 6.20 Å². The lowest BCUT2D eigenvalue weighted by Gasteiger charge is -2.35. The van der Waals surface area contributed by atoms with Gasteiger partial charge in [-0.05, 0) is 35.7 Å². The third-order valence-corrected chi connectivity index (χ3v) is 7.36. The summed E-state index contributed by atoms with van der Waals surface area (Å²) in [5.41, 5.74) is 4.28. The lowest BCUT2D eigenvalue weighted by molar-refractivity contribution is -0.151. The standard InChI is InChI=1S/C29H33ClN4O2/c1-20(2)16-34(17-21-10-11-25-22(15-21)7-6-12-31-25)29(35)27-19-33(13-14-36-27)18-24-23-8-4-5-9-26(23)32(3)28(24)30/h4-12,15,20,27H,13-14,16-19H2,1-3H3/t27-/m1/s1. The zero-order valence-electron chi connectivity index (χ0n) is 21.2. The molecule has 1 fully saturated rings. The first-order chi connectivity index (χ1) is 17.4. The highest BCUT2D eigenvalue weighted by Crippen LogP contribution is 2.30. The van der Waals surface area contributed by atoms with Crippen LogP contribution in [0.5, 0.6) is 0 Å². The van der Waals surface area contributed by atoms with E-state index in [2.05, 4.69) is 54.1 Å². The zero-order chi connectivity index (χ0) is 25.2. The van der Waals surface area contributed by atoms with Crippen LogP contribution in [0, 0.1) is 5.92 Å². The van der Waals surface area contributed by atoms with Gasteiger partial charge < -0.3 is 14.2 Å². The van der Waals surface area contributed by atoms with E-state index in [4.69, 9.17) is 16.3 Å². The fourth-order valence-electron chi connectivity index (χ4n) is 5.13. The molecule has 2 aromatic carbocycles. The number of carbonyl (C=O) groups excluding carboxylic acids is 1. The van der Waals surface area contributed by atoms with Gasteiger partial charge in [-0.3, -0.25) is 14.7 Å². The number of rotatable bonds is 7. The monoisotopic (exact) mass is 504 g/mol. The number of hydrogen-bond donors (Lipinski definition) is 0. The maximum atomic E-state index is 13.7. The summed E-state index contributed by atoms with van der Waals surface area (Å²) in [6.45, 7) is 8.04. The van der Waals surface area contributed by atoms with Crippen molar-refractivity contribution in [2.45, 2.75) is 33.0 Å². The normalized spacial score (nSPS) is 16.8. The SMILES string of the molecule is CC(C)CN(Cc1ccc2ncccc2c1)C(=O)[C@H]1CN(Cc2c(Cl)n(C)c3ccccc23)CCO1. The van der Waals surface area contributed by atoms with Gasteiger partial charge in [0.15, 0.2) is 0 Å². The minimum absolute atomic E-state index is 0.0451. The number of aryl methyl sites for hydroxylation is 1. The molecule has 0 bridgehead atoms. The highest BCUT2D eigenvalue weighted by molar-refractivity contribution is 6.32. The molecule has 188 valence electrons. The van der Waals surface area contributed by atoms with Crippen molar-refractivity contribution in [1.29, 1.82) is 0 Å². The molecule has 0 N–H and O–H groups in total. The summed E-state index contributed by atoms with van der Waals surface area (Å²) in [5, 5.41) is 2.99. The van der Waals surface area contributed by atoms with Crippen LogP contribution in [0.25, 0.3) is 21.8 Å². The van der Waals surface area contributed by atoms with Crippen molar-refractivity contribution in [1.82, 2.24) is 19.4 Å². The predicted molar refractivity (Wildman–Crippen MR) is 145 cm³/mol. The number of pyridine rings is 1. The fourth-order valence-corrected chi connectivity index (χ4v) is 5.38. The van der Waals surface area contributed by atoms with Gasteiger partial charge in [-0.2, -0.15) is 0 Å². The third-order valence-electron chi connectivity index (χ3n) is 6.88. The minimum Gasteiger partial charge on any atom is -0.366 e. The van der Waals surface area contributed by atoms with Crippen LogP contribution in [-0.4, -0.2) is 57.6 Å². The fraction of sp³-hybridized carbons (Fsp3) is 0.379. The van der Waals surface area contributed by atoms with Crippen LogP contribution in [0.1, 0.15) is 25.0 Å². The number of carbonyl (C=O) groups is 1. The van der Waals surface area contributed by atoms with E-state index >= 15 is 0 Å². The molecule has 4 aromatic rings. The zero-order valence-corrected chi connectivity index (χ0v) is 21.9. The first-order valence-corrected chi connectivity index (χ1v) is 13.0. The number of hydrogen-bond acceptors (Lipinski definition) is 4. The second-order valence-electron chi connectivity index (χ2n) is 10.1. The van der Waals surface area contributed by atoms with Gasteiger partial charge in [0.1, 0.15) is 11.3 Å². The third kappa shape index (κ3) is 5.12. The average molecular weight is 505 g/mol. The van der Waals surface area contributed by atoms with E-state index in [-0.39, 0.29) is 5.91 Å². The van der Waals surface area contributed by atoms with Crippen LogP contribution < -0.4 is 0 Å². The van der Waals surface area contributed by atoms with Crippen molar-refractivity contribution in [3.8, 4) is 0 Å². The molecule has 0 radical (unpaired) electrons. The first kappa shape index (κ1) is 24.8. The summed E-state index contributed by atoms with van der Waals surface area (Å²) >= 11 is 6.72. The lowest BCUT2D eigenvalue weighted by Crippen LogP contribution is -2.51. The molecule has 0 unspecified atom stereocenters. The molecule has 2 aromatic heterocycles. The summed E-state index contributed by atoms with van der Waals surface area (Å²) < 4.78 is 8.05. The molecular weight excluding hydrogens is 472 g/mol. The van der Waals surface area contributed by atoms with Crippen LogP contribution in [0.3, 0.4) is 0 Å². The molecular formula is C29H33ClN4O2. The number of benzene rings is 2. The van der Waals surface area contributed by atoms with E-state index in [1.165, 1.54) is 0 Å². The van der Waals surface area contributed by atoms with Crippen molar-refractivity contribution >= 4 is 39.3 Å². The van der Waals surface area contributed by atoms with Crippen LogP contribution in [0.2, 0.25) is 5.15 Å². The van der Waals surface area contributed by atoms with Crippen LogP contribution >= 0.6 is 11.6 Å². The Bertz CT molecular complexity index is 1380. The van der Waals surface area contributed by atoms with E-state index < -0.39 is 6.10 Å². The van der Waals surface area contributed by atoms with E-state index in [9.17, 15) is 4.79 Å². The van der Waals surface area contributed by atoms with Gasteiger partial charge in [-0.1, -0.05) is 55.8 Å². The molecule has 0 spiro atoms. The predicted octanol–water partition coefficient (Wildman–Crippen LogP) is 5.27. The number of amides is 1. The average Bonchev–Trinajstić information content (AvgIpc) is 3.12. The molecule has 6 nitrogen and oxygen atoms in total. The summed E-state index contributed by atoms with van der Waals surface area (Å²) in [5.74, 6) is 0.397. The van der Waals surface area contributed by atoms with Crippen molar-refractivity contribution in [3.05, 3.63) is 77.1 Å². The number of nitrogens with zero attached hydrogens (tertiary/aromatic N) is 4. The van der Waals surface area contributed by atoms with Crippen molar-refractivity contribution in [2.24, 2.45) is 13.0 Å². The second kappa shape index (κ2) is 10.6. The van der Waals surface area contributed by atoms with Crippen LogP contribution in [-0.2, 0) is 29.7 Å². The lowest BCUT2D eigenvalue weighted by atomic mass is 10.1. The number of fused-ring (bicyclic) bond motifs is 2. The highest BCUT2D eigenvalue weighted by atomic mass is 35.5. The molecule has 1 amide bonds. The second-order valence-corrected chi connectivity index (χ2v) is 10.4. The quantitative estimate of drug-likeness (QED) is 0.344. The summed E-state index contributed by atoms with van der Waals surface area (Å²) in [7, 11) is 1.99. The molecule has 3 heterocycles. The maximum Gasteiger partial charge on any atom is 0.253 e. The Morgan fingerprint density at radius 1 is 1.19 bits per heavy atom. The maximum absolute atomic E-state index is 13.7. The first-order valence-electron chi connectivity index (χ1n) is 12.6. The van der Waals surface area contributed by atoms with E-state index in [0.717, 1.165) is 44.6 Å². The Kier molecular flexibility index (Phi) is 7.28. The van der Waals surface area contributed by atoms with Gasteiger partial charge in [0.05, 0.1) is 12.1 Å². The molecule has 7 heteroatoms. The smallest absolute Gasteiger partial charge is 0.253 e. The Balaban J connectivity index is 1.32. The van der Waals surface area contributed by atoms with Gasteiger partial charge in [0.25, 0.3) is 5.91 Å². The van der Waals surface area contributed by atoms with Gasteiger partial charge in [0.2, 0.25) is 0 Å². The van der Waals surface area contributed by atoms with Crippen molar-refractivity contribution in [3.63, 3.8) is 0 Å². The van der Waals surface area contributed by atoms with Crippen molar-refractivity contribution < 1.29 is 9.53 Å². The van der Waals surface area contributed by atoms with Gasteiger partial charge in [-0.15, -0.1) is 0 Å². The number of ether oxygens (including phenoxy) is 1. The summed E-state index contributed by atoms with van der Waals surface area (Å²) in [4.78, 5) is 22.4. The molecule has 1 aliphatic heterocycles. The minimum atomic E-state index is -0.492. The number of para-hydroxylation sites is 1. The Labute approximate surface area is 217 Å². The summed E-state index contributed by atoms with van der Waals surface area (Å²) in [6.07, 6.45) is 1.31. The topological polar surface area (TPSA) is 50.6 Å². The summed E-state index contributed by atoms with van der Waals surface area (Å²) in [6, 6.07) is 18.5. The molecule has 0 saturated carbocycles. The number of morpholine rings is 1. The van der Waals surface area contributed by atoms with Gasteiger partial charge in [0, 0.05) is 67.8 Å². The molecule has 1 aliphatic rings. The number of aromatic nitrogens is 2. The number of halogens is 1. The van der Waals surface area contributed by atoms with Crippen LogP contribution in [0.15, 0.2) is 60.8 Å².